The van der Waals surface area contributed by atoms with Gasteiger partial charge in [-0.05, 0) is 13.0 Å². The number of nitrogens with zero attached hydrogens (tertiary/aromatic N) is 1. The van der Waals surface area contributed by atoms with Crippen molar-refractivity contribution in [2.75, 3.05) is 7.11 Å². The first-order valence-corrected chi connectivity index (χ1v) is 3.59. The number of aryl methyl sites for hydroxylation is 1. The average molecular weight is 189 g/mol. The maximum Gasteiger partial charge on any atom is 0.267 e. The molecule has 0 amide bonds. The molecule has 1 aromatic heterocycles. The van der Waals surface area contributed by atoms with E-state index in [2.05, 4.69) is 9.72 Å². The molecule has 0 radical (unpaired) electrons. The minimum Gasteiger partial charge on any atom is -0.503 e. The molecule has 0 aromatic carbocycles. The Labute approximate surface area is 74.0 Å². The molecule has 72 valence electrons. The van der Waals surface area contributed by atoms with Crippen molar-refractivity contribution in [1.82, 2.24) is 4.98 Å². The predicted molar refractivity (Wildman–Crippen MR) is 42.1 cm³/mol. The zero-order valence-corrected chi connectivity index (χ0v) is 7.21. The lowest BCUT2D eigenvalue weighted by molar-refractivity contribution is 0.146. The van der Waals surface area contributed by atoms with Gasteiger partial charge >= 0.3 is 0 Å². The monoisotopic (exact) mass is 189 g/mol. The van der Waals surface area contributed by atoms with Crippen LogP contribution in [0.4, 0.5) is 8.78 Å². The Morgan fingerprint density at radius 3 is 2.62 bits per heavy atom. The second-order valence-corrected chi connectivity index (χ2v) is 2.51. The van der Waals surface area contributed by atoms with Gasteiger partial charge in [-0.1, -0.05) is 0 Å². The van der Waals surface area contributed by atoms with Gasteiger partial charge in [0.2, 0.25) is 0 Å². The largest absolute Gasteiger partial charge is 0.503 e. The molecule has 0 aliphatic heterocycles. The van der Waals surface area contributed by atoms with E-state index >= 15 is 0 Å². The van der Waals surface area contributed by atoms with Gasteiger partial charge in [-0.25, -0.2) is 13.8 Å². The third kappa shape index (κ3) is 1.85. The van der Waals surface area contributed by atoms with Crippen LogP contribution in [0.15, 0.2) is 6.07 Å². The normalized spacial score (nSPS) is 10.5. The van der Waals surface area contributed by atoms with E-state index < -0.39 is 17.7 Å². The minimum absolute atomic E-state index is 0.171. The van der Waals surface area contributed by atoms with Gasteiger partial charge in [-0.3, -0.25) is 0 Å². The Bertz CT molecular complexity index is 315. The first-order chi connectivity index (χ1) is 6.06. The molecule has 0 fully saturated rings. The first-order valence-electron chi connectivity index (χ1n) is 3.59. The van der Waals surface area contributed by atoms with Crippen molar-refractivity contribution in [1.29, 1.82) is 0 Å². The van der Waals surface area contributed by atoms with E-state index in [1.54, 1.807) is 6.92 Å². The number of hydrogen-bond acceptors (Lipinski definition) is 3. The number of rotatable bonds is 2. The van der Waals surface area contributed by atoms with Crippen molar-refractivity contribution in [2.24, 2.45) is 0 Å². The second kappa shape index (κ2) is 3.55. The van der Waals surface area contributed by atoms with E-state index in [0.29, 0.717) is 5.69 Å². The predicted octanol–water partition coefficient (Wildman–Crippen LogP) is 2.04. The lowest BCUT2D eigenvalue weighted by Gasteiger charge is -2.08. The molecule has 0 saturated carbocycles. The molecular weight excluding hydrogens is 180 g/mol. The summed E-state index contributed by atoms with van der Waals surface area (Å²) in [6, 6.07) is 1.13. The summed E-state index contributed by atoms with van der Waals surface area (Å²) in [7, 11) is 1.26. The number of pyridine rings is 1. The van der Waals surface area contributed by atoms with Crippen LogP contribution in [0.25, 0.3) is 0 Å². The number of hydrogen-bond donors (Lipinski definition) is 1. The van der Waals surface area contributed by atoms with Crippen LogP contribution >= 0.6 is 0 Å². The standard InChI is InChI=1S/C8H9F2NO2/c1-4-3-5(7(9)10)6(12)8(11-4)13-2/h3,7,12H,1-2H3. The van der Waals surface area contributed by atoms with Gasteiger partial charge in [0.25, 0.3) is 12.3 Å². The summed E-state index contributed by atoms with van der Waals surface area (Å²) in [6.45, 7) is 1.55. The van der Waals surface area contributed by atoms with Gasteiger partial charge in [0.15, 0.2) is 5.75 Å². The number of methoxy groups -OCH3 is 1. The van der Waals surface area contributed by atoms with Gasteiger partial charge in [0, 0.05) is 5.69 Å². The Hall–Kier alpha value is -1.39. The molecule has 5 heteroatoms. The molecule has 1 N–H and O–H groups in total. The molecule has 1 aromatic rings. The van der Waals surface area contributed by atoms with E-state index in [1.807, 2.05) is 0 Å². The summed E-state index contributed by atoms with van der Waals surface area (Å²) in [4.78, 5) is 3.73. The van der Waals surface area contributed by atoms with Gasteiger partial charge in [-0.15, -0.1) is 0 Å². The molecule has 0 unspecified atom stereocenters. The van der Waals surface area contributed by atoms with Crippen molar-refractivity contribution in [3.63, 3.8) is 0 Å². The number of aromatic hydroxyl groups is 1. The van der Waals surface area contributed by atoms with E-state index in [0.717, 1.165) is 6.07 Å². The van der Waals surface area contributed by atoms with E-state index in [4.69, 9.17) is 0 Å². The van der Waals surface area contributed by atoms with Gasteiger partial charge in [0.1, 0.15) is 0 Å². The molecule has 0 aliphatic carbocycles. The molecule has 0 bridgehead atoms. The van der Waals surface area contributed by atoms with Crippen LogP contribution < -0.4 is 4.74 Å². The Kier molecular flexibility index (Phi) is 2.65. The highest BCUT2D eigenvalue weighted by atomic mass is 19.3. The zero-order valence-electron chi connectivity index (χ0n) is 7.21. The average Bonchev–Trinajstić information content (AvgIpc) is 2.08. The summed E-state index contributed by atoms with van der Waals surface area (Å²) in [5, 5.41) is 9.22. The number of alkyl halides is 2. The lowest BCUT2D eigenvalue weighted by Crippen LogP contribution is -1.95. The molecule has 1 rings (SSSR count). The molecule has 0 saturated heterocycles. The molecule has 3 nitrogen and oxygen atoms in total. The molecule has 0 aliphatic rings. The van der Waals surface area contributed by atoms with Crippen LogP contribution in [0.3, 0.4) is 0 Å². The Balaban J connectivity index is 3.27. The summed E-state index contributed by atoms with van der Waals surface area (Å²) in [6.07, 6.45) is -2.73. The third-order valence-corrected chi connectivity index (χ3v) is 1.55. The van der Waals surface area contributed by atoms with Crippen LogP contribution in [0.1, 0.15) is 17.7 Å². The van der Waals surface area contributed by atoms with Crippen LogP contribution in [-0.4, -0.2) is 17.2 Å². The quantitative estimate of drug-likeness (QED) is 0.774. The smallest absolute Gasteiger partial charge is 0.267 e. The van der Waals surface area contributed by atoms with Gasteiger partial charge in [0.05, 0.1) is 12.7 Å². The third-order valence-electron chi connectivity index (χ3n) is 1.55. The molecule has 0 atom stereocenters. The van der Waals surface area contributed by atoms with Crippen molar-refractivity contribution in [3.05, 3.63) is 17.3 Å². The van der Waals surface area contributed by atoms with Crippen LogP contribution in [-0.2, 0) is 0 Å². The maximum atomic E-state index is 12.3. The van der Waals surface area contributed by atoms with Crippen molar-refractivity contribution in [2.45, 2.75) is 13.3 Å². The van der Waals surface area contributed by atoms with Gasteiger partial charge in [-0.2, -0.15) is 0 Å². The highest BCUT2D eigenvalue weighted by molar-refractivity contribution is 5.42. The highest BCUT2D eigenvalue weighted by Crippen LogP contribution is 2.34. The summed E-state index contributed by atoms with van der Waals surface area (Å²) < 4.78 is 29.2. The lowest BCUT2D eigenvalue weighted by atomic mass is 10.2. The van der Waals surface area contributed by atoms with Crippen LogP contribution in [0, 0.1) is 6.92 Å². The molecule has 0 spiro atoms. The van der Waals surface area contributed by atoms with E-state index in [-0.39, 0.29) is 5.88 Å². The Morgan fingerprint density at radius 1 is 1.54 bits per heavy atom. The molecule has 1 heterocycles. The highest BCUT2D eigenvalue weighted by Gasteiger charge is 2.18. The van der Waals surface area contributed by atoms with E-state index in [9.17, 15) is 13.9 Å². The first kappa shape index (κ1) is 9.70. The van der Waals surface area contributed by atoms with Crippen molar-refractivity contribution in [3.8, 4) is 11.6 Å². The zero-order chi connectivity index (χ0) is 10.0. The summed E-state index contributed by atoms with van der Waals surface area (Å²) >= 11 is 0. The topological polar surface area (TPSA) is 42.4 Å². The molecular formula is C8H9F2NO2. The Morgan fingerprint density at radius 2 is 2.15 bits per heavy atom. The number of ether oxygens (including phenoxy) is 1. The fraction of sp³-hybridized carbons (Fsp3) is 0.375. The fourth-order valence-electron chi connectivity index (χ4n) is 0.971. The van der Waals surface area contributed by atoms with Crippen molar-refractivity contribution < 1.29 is 18.6 Å². The summed E-state index contributed by atoms with van der Waals surface area (Å²) in [5.41, 5.74) is -0.0747. The number of aromatic nitrogens is 1. The second-order valence-electron chi connectivity index (χ2n) is 2.51. The minimum atomic E-state index is -2.73. The molecule has 13 heavy (non-hydrogen) atoms. The van der Waals surface area contributed by atoms with Crippen LogP contribution in [0.5, 0.6) is 11.6 Å². The SMILES string of the molecule is COc1nc(C)cc(C(F)F)c1O. The maximum absolute atomic E-state index is 12.3. The van der Waals surface area contributed by atoms with Crippen LogP contribution in [0.2, 0.25) is 0 Å². The van der Waals surface area contributed by atoms with Gasteiger partial charge < -0.3 is 9.84 Å². The van der Waals surface area contributed by atoms with Crippen molar-refractivity contribution >= 4 is 0 Å². The summed E-state index contributed by atoms with van der Waals surface area (Å²) in [5.74, 6) is -0.765. The fourth-order valence-corrected chi connectivity index (χ4v) is 0.971. The van der Waals surface area contributed by atoms with E-state index in [1.165, 1.54) is 7.11 Å². The number of halogens is 2.